The molecule has 30 heavy (non-hydrogen) atoms. The fraction of sp³-hybridized carbons (Fsp3) is 0.208. The van der Waals surface area contributed by atoms with E-state index in [-0.39, 0.29) is 16.8 Å². The molecule has 1 aliphatic heterocycles. The Bertz CT molecular complexity index is 1250. The number of hydrogen-bond donors (Lipinski definition) is 1. The fourth-order valence-electron chi connectivity index (χ4n) is 4.04. The molecule has 1 N–H and O–H groups in total. The molecule has 6 heteroatoms. The van der Waals surface area contributed by atoms with Gasteiger partial charge in [0, 0.05) is 46.9 Å². The van der Waals surface area contributed by atoms with Gasteiger partial charge in [0.15, 0.2) is 12.4 Å². The van der Waals surface area contributed by atoms with E-state index in [1.54, 1.807) is 24.3 Å². The van der Waals surface area contributed by atoms with Gasteiger partial charge in [0.05, 0.1) is 5.56 Å². The molecule has 1 aliphatic rings. The summed E-state index contributed by atoms with van der Waals surface area (Å²) in [5.74, 6) is -1.02. The van der Waals surface area contributed by atoms with E-state index in [1.165, 1.54) is 12.1 Å². The van der Waals surface area contributed by atoms with Gasteiger partial charge >= 0.3 is 5.97 Å². The highest BCUT2D eigenvalue weighted by molar-refractivity contribution is 6.04. The molecule has 1 aromatic heterocycles. The number of aromatic nitrogens is 1. The number of para-hydroxylation sites is 2. The molecule has 0 spiro atoms. The summed E-state index contributed by atoms with van der Waals surface area (Å²) >= 11 is 0. The number of hydrogen-bond acceptors (Lipinski definition) is 5. The topological polar surface area (TPSA) is 79.5 Å². The molecule has 0 saturated carbocycles. The van der Waals surface area contributed by atoms with Crippen molar-refractivity contribution in [1.82, 2.24) is 4.98 Å². The van der Waals surface area contributed by atoms with Crippen LogP contribution in [0.1, 0.15) is 29.8 Å². The van der Waals surface area contributed by atoms with Crippen molar-refractivity contribution < 1.29 is 14.3 Å². The van der Waals surface area contributed by atoms with Crippen LogP contribution in [-0.2, 0) is 14.9 Å². The summed E-state index contributed by atoms with van der Waals surface area (Å²) in [4.78, 5) is 41.7. The van der Waals surface area contributed by atoms with E-state index in [1.807, 2.05) is 30.1 Å². The molecule has 0 saturated heterocycles. The molecular formula is C24H22N2O4. The lowest BCUT2D eigenvalue weighted by Crippen LogP contribution is -2.25. The van der Waals surface area contributed by atoms with E-state index in [4.69, 9.17) is 4.74 Å². The van der Waals surface area contributed by atoms with Crippen LogP contribution < -0.4 is 10.5 Å². The van der Waals surface area contributed by atoms with Crippen LogP contribution in [0.15, 0.2) is 71.2 Å². The Morgan fingerprint density at radius 2 is 1.80 bits per heavy atom. The maximum absolute atomic E-state index is 12.6. The first-order chi connectivity index (χ1) is 14.3. The quantitative estimate of drug-likeness (QED) is 0.533. The number of ketones is 1. The first kappa shape index (κ1) is 19.6. The highest BCUT2D eigenvalue weighted by Crippen LogP contribution is 2.46. The standard InChI is InChI=1S/C24H22N2O4/c1-24(2)18-9-5-7-11-20(18)26(3)21(24)12-15(27)14-30-23(29)17-13-22(28)25-19-10-6-4-8-16(17)19/h4-13H,14H2,1-3H3,(H,25,28)/b21-12-. The zero-order valence-electron chi connectivity index (χ0n) is 17.1. The average molecular weight is 402 g/mol. The van der Waals surface area contributed by atoms with E-state index in [2.05, 4.69) is 24.9 Å². The minimum atomic E-state index is -0.702. The number of rotatable bonds is 4. The number of pyridine rings is 1. The number of ether oxygens (including phenoxy) is 1. The lowest BCUT2D eigenvalue weighted by atomic mass is 9.83. The Morgan fingerprint density at radius 3 is 2.57 bits per heavy atom. The second kappa shape index (κ2) is 7.30. The number of anilines is 1. The monoisotopic (exact) mass is 402 g/mol. The SMILES string of the molecule is CN1/C(=C\C(=O)COC(=O)c2cc(=O)[nH]c3ccccc23)C(C)(C)c2ccccc21. The van der Waals surface area contributed by atoms with Crippen molar-refractivity contribution >= 4 is 28.3 Å². The van der Waals surface area contributed by atoms with Gasteiger partial charge < -0.3 is 14.6 Å². The van der Waals surface area contributed by atoms with Gasteiger partial charge in [0.1, 0.15) is 0 Å². The second-order valence-electron chi connectivity index (χ2n) is 7.87. The number of fused-ring (bicyclic) bond motifs is 2. The van der Waals surface area contributed by atoms with Gasteiger partial charge in [-0.1, -0.05) is 50.2 Å². The van der Waals surface area contributed by atoms with Crippen molar-refractivity contribution in [1.29, 1.82) is 0 Å². The van der Waals surface area contributed by atoms with Gasteiger partial charge in [-0.2, -0.15) is 0 Å². The van der Waals surface area contributed by atoms with Crippen molar-refractivity contribution in [2.24, 2.45) is 0 Å². The molecule has 152 valence electrons. The number of aromatic amines is 1. The first-order valence-electron chi connectivity index (χ1n) is 9.66. The number of carbonyl (C=O) groups excluding carboxylic acids is 2. The molecule has 0 amide bonds. The molecular weight excluding hydrogens is 380 g/mol. The highest BCUT2D eigenvalue weighted by Gasteiger charge is 2.38. The van der Waals surface area contributed by atoms with Crippen LogP contribution in [0.2, 0.25) is 0 Å². The van der Waals surface area contributed by atoms with E-state index < -0.39 is 18.1 Å². The van der Waals surface area contributed by atoms with Crippen LogP contribution in [0.25, 0.3) is 10.9 Å². The maximum Gasteiger partial charge on any atom is 0.339 e. The van der Waals surface area contributed by atoms with Gasteiger partial charge in [0.2, 0.25) is 5.56 Å². The number of nitrogens with zero attached hydrogens (tertiary/aromatic N) is 1. The summed E-state index contributed by atoms with van der Waals surface area (Å²) in [6.45, 7) is 3.72. The zero-order valence-corrected chi connectivity index (χ0v) is 17.1. The summed E-state index contributed by atoms with van der Waals surface area (Å²) in [7, 11) is 1.92. The molecule has 0 fully saturated rings. The van der Waals surface area contributed by atoms with Crippen molar-refractivity contribution in [2.45, 2.75) is 19.3 Å². The largest absolute Gasteiger partial charge is 0.454 e. The van der Waals surface area contributed by atoms with Crippen molar-refractivity contribution in [3.05, 3.63) is 87.9 Å². The normalized spacial score (nSPS) is 16.0. The Morgan fingerprint density at radius 1 is 1.10 bits per heavy atom. The molecule has 0 atom stereocenters. The van der Waals surface area contributed by atoms with Crippen molar-refractivity contribution in [2.75, 3.05) is 18.6 Å². The third-order valence-corrected chi connectivity index (χ3v) is 5.55. The summed E-state index contributed by atoms with van der Waals surface area (Å²) in [6, 6.07) is 16.2. The van der Waals surface area contributed by atoms with Crippen LogP contribution in [0.5, 0.6) is 0 Å². The minimum absolute atomic E-state index is 0.139. The predicted molar refractivity (Wildman–Crippen MR) is 116 cm³/mol. The highest BCUT2D eigenvalue weighted by atomic mass is 16.5. The van der Waals surface area contributed by atoms with Crippen LogP contribution in [0.3, 0.4) is 0 Å². The van der Waals surface area contributed by atoms with E-state index in [0.717, 1.165) is 16.9 Å². The van der Waals surface area contributed by atoms with Gasteiger partial charge in [-0.3, -0.25) is 9.59 Å². The minimum Gasteiger partial charge on any atom is -0.454 e. The second-order valence-corrected chi connectivity index (χ2v) is 7.87. The Hall–Kier alpha value is -3.67. The Balaban J connectivity index is 1.54. The van der Waals surface area contributed by atoms with Crippen LogP contribution in [-0.4, -0.2) is 30.4 Å². The lowest BCUT2D eigenvalue weighted by Gasteiger charge is -2.23. The third kappa shape index (κ3) is 3.30. The summed E-state index contributed by atoms with van der Waals surface area (Å²) in [6.07, 6.45) is 1.53. The van der Waals surface area contributed by atoms with Crippen LogP contribution in [0, 0.1) is 0 Å². The van der Waals surface area contributed by atoms with Gasteiger partial charge in [-0.05, 0) is 17.7 Å². The molecule has 2 aromatic carbocycles. The van der Waals surface area contributed by atoms with E-state index in [0.29, 0.717) is 10.9 Å². The van der Waals surface area contributed by atoms with Gasteiger partial charge in [0.25, 0.3) is 0 Å². The molecule has 2 heterocycles. The Labute approximate surface area is 173 Å². The van der Waals surface area contributed by atoms with Crippen LogP contribution >= 0.6 is 0 Å². The molecule has 0 radical (unpaired) electrons. The number of allylic oxidation sites excluding steroid dienone is 1. The number of esters is 1. The lowest BCUT2D eigenvalue weighted by molar-refractivity contribution is -0.117. The number of nitrogens with one attached hydrogen (secondary N) is 1. The number of benzene rings is 2. The van der Waals surface area contributed by atoms with E-state index in [9.17, 15) is 14.4 Å². The van der Waals surface area contributed by atoms with Crippen LogP contribution in [0.4, 0.5) is 5.69 Å². The predicted octanol–water partition coefficient (Wildman–Crippen LogP) is 3.57. The molecule has 6 nitrogen and oxygen atoms in total. The molecule has 0 bridgehead atoms. The summed E-state index contributed by atoms with van der Waals surface area (Å²) in [5.41, 5.74) is 2.96. The molecule has 0 unspecified atom stereocenters. The van der Waals surface area contributed by atoms with Gasteiger partial charge in [-0.25, -0.2) is 4.79 Å². The number of likely N-dealkylation sites (N-methyl/N-ethyl adjacent to an activating group) is 1. The fourth-order valence-corrected chi connectivity index (χ4v) is 4.04. The number of H-pyrrole nitrogens is 1. The zero-order chi connectivity index (χ0) is 21.5. The average Bonchev–Trinajstić information content (AvgIpc) is 2.92. The summed E-state index contributed by atoms with van der Waals surface area (Å²) in [5, 5.41) is 0.569. The third-order valence-electron chi connectivity index (χ3n) is 5.55. The first-order valence-corrected chi connectivity index (χ1v) is 9.66. The maximum atomic E-state index is 12.6. The molecule has 4 rings (SSSR count). The number of carbonyl (C=O) groups is 2. The van der Waals surface area contributed by atoms with Gasteiger partial charge in [-0.15, -0.1) is 0 Å². The van der Waals surface area contributed by atoms with Crippen molar-refractivity contribution in [3.8, 4) is 0 Å². The van der Waals surface area contributed by atoms with Crippen molar-refractivity contribution in [3.63, 3.8) is 0 Å². The molecule has 3 aromatic rings. The Kier molecular flexibility index (Phi) is 4.78. The van der Waals surface area contributed by atoms with E-state index >= 15 is 0 Å². The summed E-state index contributed by atoms with van der Waals surface area (Å²) < 4.78 is 5.24. The molecule has 0 aliphatic carbocycles. The smallest absolute Gasteiger partial charge is 0.339 e.